The average molecular weight is 347 g/mol. The van der Waals surface area contributed by atoms with Gasteiger partial charge in [-0.3, -0.25) is 0 Å². The Kier molecular flexibility index (Phi) is 5.95. The van der Waals surface area contributed by atoms with Crippen molar-refractivity contribution in [2.24, 2.45) is 0 Å². The first-order valence-corrected chi connectivity index (χ1v) is 7.35. The normalized spacial score (nSPS) is 34.1. The number of hydrogen-bond donors (Lipinski definition) is 2. The van der Waals surface area contributed by atoms with Crippen molar-refractivity contribution in [3.8, 4) is 0 Å². The molecule has 0 radical (unpaired) electrons. The van der Waals surface area contributed by atoms with E-state index in [1.807, 2.05) is 30.3 Å². The van der Waals surface area contributed by atoms with Gasteiger partial charge in [-0.05, 0) is 5.56 Å². The van der Waals surface area contributed by atoms with E-state index in [4.69, 9.17) is 14.2 Å². The van der Waals surface area contributed by atoms with Crippen LogP contribution in [-0.4, -0.2) is 53.4 Å². The van der Waals surface area contributed by atoms with Crippen LogP contribution in [0.3, 0.4) is 0 Å². The van der Waals surface area contributed by atoms with Gasteiger partial charge in [-0.15, -0.1) is 0 Å². The summed E-state index contributed by atoms with van der Waals surface area (Å²) >= 11 is 3.44. The minimum atomic E-state index is -0.917. The summed E-state index contributed by atoms with van der Waals surface area (Å²) in [6, 6.07) is 9.69. The fourth-order valence-electron chi connectivity index (χ4n) is 2.18. The van der Waals surface area contributed by atoms with Gasteiger partial charge in [0.05, 0.1) is 18.0 Å². The van der Waals surface area contributed by atoms with Crippen molar-refractivity contribution in [3.63, 3.8) is 0 Å². The lowest BCUT2D eigenvalue weighted by atomic mass is 10.0. The van der Waals surface area contributed by atoms with Crippen molar-refractivity contribution in [1.82, 2.24) is 0 Å². The largest absolute Gasteiger partial charge is 0.394 e. The van der Waals surface area contributed by atoms with Crippen molar-refractivity contribution >= 4 is 15.9 Å². The van der Waals surface area contributed by atoms with Crippen molar-refractivity contribution in [1.29, 1.82) is 0 Å². The zero-order chi connectivity index (χ0) is 14.5. The van der Waals surface area contributed by atoms with E-state index in [1.54, 1.807) is 0 Å². The van der Waals surface area contributed by atoms with Crippen LogP contribution in [0.1, 0.15) is 5.56 Å². The van der Waals surface area contributed by atoms with E-state index in [0.717, 1.165) is 5.56 Å². The molecule has 1 aliphatic heterocycles. The van der Waals surface area contributed by atoms with Crippen LogP contribution in [0.5, 0.6) is 0 Å². The zero-order valence-corrected chi connectivity index (χ0v) is 12.8. The Bertz CT molecular complexity index is 386. The number of rotatable bonds is 5. The predicted molar refractivity (Wildman–Crippen MR) is 76.5 cm³/mol. The molecule has 1 fully saturated rings. The van der Waals surface area contributed by atoms with Crippen molar-refractivity contribution in [3.05, 3.63) is 35.9 Å². The first-order valence-electron chi connectivity index (χ1n) is 6.44. The molecule has 1 aromatic carbocycles. The topological polar surface area (TPSA) is 68.2 Å². The van der Waals surface area contributed by atoms with Gasteiger partial charge >= 0.3 is 0 Å². The van der Waals surface area contributed by atoms with E-state index < -0.39 is 24.6 Å². The average Bonchev–Trinajstić information content (AvgIpc) is 2.48. The van der Waals surface area contributed by atoms with Crippen LogP contribution in [0.4, 0.5) is 0 Å². The third kappa shape index (κ3) is 3.58. The number of aliphatic hydroxyl groups is 2. The zero-order valence-electron chi connectivity index (χ0n) is 11.2. The molecule has 0 bridgehead atoms. The Labute approximate surface area is 126 Å². The molecule has 0 unspecified atom stereocenters. The van der Waals surface area contributed by atoms with E-state index in [1.165, 1.54) is 7.11 Å². The van der Waals surface area contributed by atoms with Crippen molar-refractivity contribution in [2.75, 3.05) is 13.7 Å². The molecule has 5 nitrogen and oxygen atoms in total. The number of benzene rings is 1. The molecule has 2 N–H and O–H groups in total. The summed E-state index contributed by atoms with van der Waals surface area (Å²) < 4.78 is 16.4. The van der Waals surface area contributed by atoms with Gasteiger partial charge in [-0.2, -0.15) is 0 Å². The smallest absolute Gasteiger partial charge is 0.172 e. The summed E-state index contributed by atoms with van der Waals surface area (Å²) in [5.41, 5.74) is 1.01. The molecule has 1 aliphatic rings. The fourth-order valence-corrected chi connectivity index (χ4v) is 2.98. The second-order valence-corrected chi connectivity index (χ2v) is 5.71. The van der Waals surface area contributed by atoms with E-state index in [0.29, 0.717) is 6.61 Å². The fraction of sp³-hybridized carbons (Fsp3) is 0.571. The summed E-state index contributed by atoms with van der Waals surface area (Å²) in [4.78, 5) is -0.311. The predicted octanol–water partition coefficient (Wildman–Crippen LogP) is 1.06. The van der Waals surface area contributed by atoms with Crippen molar-refractivity contribution in [2.45, 2.75) is 36.0 Å². The molecule has 1 aromatic rings. The summed E-state index contributed by atoms with van der Waals surface area (Å²) in [7, 11) is 1.51. The van der Waals surface area contributed by atoms with Crippen LogP contribution < -0.4 is 0 Å². The number of methoxy groups -OCH3 is 1. The lowest BCUT2D eigenvalue weighted by molar-refractivity contribution is -0.252. The summed E-state index contributed by atoms with van der Waals surface area (Å²) in [5.74, 6) is 0. The van der Waals surface area contributed by atoms with E-state index >= 15 is 0 Å². The molecule has 5 atom stereocenters. The highest BCUT2D eigenvalue weighted by atomic mass is 79.9. The lowest BCUT2D eigenvalue weighted by Crippen LogP contribution is -2.57. The van der Waals surface area contributed by atoms with E-state index in [-0.39, 0.29) is 11.4 Å². The Balaban J connectivity index is 2.02. The van der Waals surface area contributed by atoms with Gasteiger partial charge in [0, 0.05) is 7.11 Å². The third-order valence-electron chi connectivity index (χ3n) is 3.30. The molecule has 2 rings (SSSR count). The maximum atomic E-state index is 10.2. The second-order valence-electron chi connectivity index (χ2n) is 4.66. The molecule has 6 heteroatoms. The molecular weight excluding hydrogens is 328 g/mol. The third-order valence-corrected chi connectivity index (χ3v) is 4.25. The maximum Gasteiger partial charge on any atom is 0.172 e. The van der Waals surface area contributed by atoms with Gasteiger partial charge in [-0.1, -0.05) is 46.3 Å². The Morgan fingerprint density at radius 3 is 2.60 bits per heavy atom. The molecule has 0 amide bonds. The minimum Gasteiger partial charge on any atom is -0.394 e. The minimum absolute atomic E-state index is 0.286. The number of ether oxygens (including phenoxy) is 3. The van der Waals surface area contributed by atoms with Crippen LogP contribution >= 0.6 is 15.9 Å². The highest BCUT2D eigenvalue weighted by Gasteiger charge is 2.44. The van der Waals surface area contributed by atoms with Crippen LogP contribution in [0.15, 0.2) is 30.3 Å². The van der Waals surface area contributed by atoms with Gasteiger partial charge in [0.1, 0.15) is 18.3 Å². The van der Waals surface area contributed by atoms with Crippen LogP contribution in [0.2, 0.25) is 0 Å². The highest BCUT2D eigenvalue weighted by Crippen LogP contribution is 2.29. The first-order chi connectivity index (χ1) is 9.67. The summed E-state index contributed by atoms with van der Waals surface area (Å²) in [6.45, 7) is 0.0885. The first kappa shape index (κ1) is 15.9. The molecule has 0 aliphatic carbocycles. The molecule has 20 heavy (non-hydrogen) atoms. The Morgan fingerprint density at radius 2 is 2.00 bits per heavy atom. The Morgan fingerprint density at radius 1 is 1.30 bits per heavy atom. The molecule has 0 spiro atoms. The molecule has 1 heterocycles. The van der Waals surface area contributed by atoms with Crippen molar-refractivity contribution < 1.29 is 24.4 Å². The molecule has 1 saturated heterocycles. The monoisotopic (exact) mass is 346 g/mol. The summed E-state index contributed by atoms with van der Waals surface area (Å²) in [6.07, 6.45) is -2.73. The number of hydrogen-bond acceptors (Lipinski definition) is 5. The molecule has 0 aromatic heterocycles. The number of aliphatic hydroxyl groups excluding tert-OH is 2. The van der Waals surface area contributed by atoms with E-state index in [2.05, 4.69) is 15.9 Å². The molecule has 112 valence electrons. The van der Waals surface area contributed by atoms with Crippen LogP contribution in [0, 0.1) is 0 Å². The molecule has 0 saturated carbocycles. The summed E-state index contributed by atoms with van der Waals surface area (Å²) in [5, 5.41) is 19.4. The van der Waals surface area contributed by atoms with Gasteiger partial charge in [0.15, 0.2) is 6.29 Å². The number of alkyl halides is 1. The highest BCUT2D eigenvalue weighted by molar-refractivity contribution is 9.09. The lowest BCUT2D eigenvalue weighted by Gasteiger charge is -2.41. The van der Waals surface area contributed by atoms with Crippen LogP contribution in [-0.2, 0) is 20.8 Å². The van der Waals surface area contributed by atoms with Crippen LogP contribution in [0.25, 0.3) is 0 Å². The van der Waals surface area contributed by atoms with Gasteiger partial charge in [-0.25, -0.2) is 0 Å². The standard InChI is InChI=1S/C14H19BrO5/c1-18-14-11(15)13(12(17)10(7-16)20-14)19-8-9-5-3-2-4-6-9/h2-6,10-14,16-17H,7-8H2,1H3/t10-,11+,12-,13-,14+/m1/s1. The van der Waals surface area contributed by atoms with E-state index in [9.17, 15) is 10.2 Å². The van der Waals surface area contributed by atoms with Gasteiger partial charge in [0.25, 0.3) is 0 Å². The SMILES string of the molecule is CO[C@H]1O[C@H](CO)[C@@H](O)[C@H](OCc2ccccc2)[C@@H]1Br. The second kappa shape index (κ2) is 7.49. The maximum absolute atomic E-state index is 10.2. The molecular formula is C14H19BrO5. The number of halogens is 1. The Hall–Kier alpha value is -0.500. The quantitative estimate of drug-likeness (QED) is 0.780. The van der Waals surface area contributed by atoms with Gasteiger partial charge < -0.3 is 24.4 Å². The van der Waals surface area contributed by atoms with Gasteiger partial charge in [0.2, 0.25) is 0 Å².